The second kappa shape index (κ2) is 11.9. The molecule has 2 heterocycles. The number of benzene rings is 1. The molecule has 1 spiro atoms. The van der Waals surface area contributed by atoms with Gasteiger partial charge < -0.3 is 34.5 Å². The summed E-state index contributed by atoms with van der Waals surface area (Å²) in [5.41, 5.74) is -2.47. The molecular formula is C39H49N3O8. The Morgan fingerprint density at radius 1 is 1.04 bits per heavy atom. The van der Waals surface area contributed by atoms with Gasteiger partial charge in [-0.3, -0.25) is 14.7 Å². The number of methoxy groups -OCH3 is 3. The summed E-state index contributed by atoms with van der Waals surface area (Å²) in [6.07, 6.45) is 6.84. The number of hydrogen-bond acceptors (Lipinski definition) is 10. The van der Waals surface area contributed by atoms with Crippen LogP contribution in [0.2, 0.25) is 0 Å². The molecule has 1 aromatic heterocycles. The minimum atomic E-state index is -1.50. The summed E-state index contributed by atoms with van der Waals surface area (Å²) in [4.78, 5) is 34.2. The number of likely N-dealkylation sites (N-methyl/N-ethyl adjacent to an activating group) is 1. The molecule has 11 nitrogen and oxygen atoms in total. The van der Waals surface area contributed by atoms with Crippen molar-refractivity contribution < 1.29 is 38.7 Å². The normalized spacial score (nSPS) is 42.7. The maximum atomic E-state index is 14.5. The van der Waals surface area contributed by atoms with Crippen LogP contribution in [-0.2, 0) is 23.7 Å². The largest absolute Gasteiger partial charge is 0.454 e. The first-order chi connectivity index (χ1) is 24.0. The third-order valence-electron chi connectivity index (χ3n) is 14.0. The zero-order valence-corrected chi connectivity index (χ0v) is 29.5. The molecular weight excluding hydrogens is 638 g/mol. The molecule has 0 radical (unpaired) electrons. The van der Waals surface area contributed by atoms with Crippen LogP contribution >= 0.6 is 0 Å². The van der Waals surface area contributed by atoms with Crippen molar-refractivity contribution in [2.45, 2.75) is 87.1 Å². The fraction of sp³-hybridized carbons (Fsp3) is 0.615. The molecule has 1 amide bonds. The van der Waals surface area contributed by atoms with Gasteiger partial charge in [0.15, 0.2) is 0 Å². The third kappa shape index (κ3) is 4.28. The Hall–Kier alpha value is -3.19. The smallest absolute Gasteiger partial charge is 0.340 e. The molecule has 5 saturated carbocycles. The summed E-state index contributed by atoms with van der Waals surface area (Å²) < 4.78 is 25.3. The van der Waals surface area contributed by atoms with E-state index in [2.05, 4.69) is 22.1 Å². The summed E-state index contributed by atoms with van der Waals surface area (Å²) in [7, 11) is 5.05. The number of fused-ring (bicyclic) bond motifs is 2. The lowest BCUT2D eigenvalue weighted by molar-refractivity contribution is -0.337. The van der Waals surface area contributed by atoms with E-state index in [0.29, 0.717) is 56.5 Å². The van der Waals surface area contributed by atoms with Crippen molar-refractivity contribution in [2.24, 2.45) is 29.1 Å². The summed E-state index contributed by atoms with van der Waals surface area (Å²) >= 11 is 0. The number of ether oxygens (including phenoxy) is 4. The maximum Gasteiger partial charge on any atom is 0.340 e. The van der Waals surface area contributed by atoms with Crippen LogP contribution in [0, 0.1) is 29.1 Å². The lowest BCUT2D eigenvalue weighted by Crippen LogP contribution is -2.83. The van der Waals surface area contributed by atoms with Crippen LogP contribution in [-0.4, -0.2) is 108 Å². The lowest BCUT2D eigenvalue weighted by Gasteiger charge is -2.70. The molecule has 1 saturated heterocycles. The van der Waals surface area contributed by atoms with Crippen LogP contribution in [0.5, 0.6) is 0 Å². The van der Waals surface area contributed by atoms with E-state index in [0.717, 1.165) is 5.56 Å². The second-order valence-electron chi connectivity index (χ2n) is 15.6. The molecule has 1 aromatic carbocycles. The van der Waals surface area contributed by atoms with Gasteiger partial charge in [0.1, 0.15) is 16.8 Å². The van der Waals surface area contributed by atoms with Crippen molar-refractivity contribution in [3.63, 3.8) is 0 Å². The third-order valence-corrected chi connectivity index (χ3v) is 14.0. The van der Waals surface area contributed by atoms with Crippen LogP contribution < -0.4 is 5.32 Å². The number of aliphatic hydroxyl groups is 2. The molecule has 7 bridgehead atoms. The Balaban J connectivity index is 1.17. The Morgan fingerprint density at radius 2 is 1.80 bits per heavy atom. The topological polar surface area (TPSA) is 140 Å². The number of nitrogens with zero attached hydrogens (tertiary/aromatic N) is 2. The Labute approximate surface area is 293 Å². The van der Waals surface area contributed by atoms with Crippen LogP contribution in [0.1, 0.15) is 61.9 Å². The van der Waals surface area contributed by atoms with Crippen LogP contribution in [0.25, 0.3) is 6.08 Å². The van der Waals surface area contributed by atoms with Crippen molar-refractivity contribution in [2.75, 3.05) is 39.7 Å². The molecule has 12 atom stereocenters. The van der Waals surface area contributed by atoms with Crippen molar-refractivity contribution in [1.29, 1.82) is 0 Å². The fourth-order valence-corrected chi connectivity index (χ4v) is 12.4. The Kier molecular flexibility index (Phi) is 8.09. The number of hydrogen-bond donors (Lipinski definition) is 3. The van der Waals surface area contributed by atoms with Gasteiger partial charge in [-0.2, -0.15) is 0 Å². The standard InChI is InChI=1S/C39H49N3O8/c1-6-42-21-36(50-35(44)24-9-7-8-10-27(24)41-34(43)22(2)17-23-12-15-40-16-13-23)14-11-31(48-4)38-29(36)19-26(32(38)42)37(45)20-28(47-3)25-18-30(38)39(37,46)33(25)49-5/h7-10,12-13,15-17,25-26,28-33,45-46H,6,11,14,18-21H2,1-5H3,(H,41,43)/b22-17+/t25-,26-,28+,29-,30+,31+,32?,33+,36-,37+,38+,39?/m1/s1. The summed E-state index contributed by atoms with van der Waals surface area (Å²) in [5.74, 6) is -1.75. The van der Waals surface area contributed by atoms with Gasteiger partial charge in [-0.1, -0.05) is 19.1 Å². The van der Waals surface area contributed by atoms with Gasteiger partial charge >= 0.3 is 5.97 Å². The number of carbonyl (C=O) groups is 2. The molecule has 2 unspecified atom stereocenters. The fourth-order valence-electron chi connectivity index (χ4n) is 12.4. The number of amides is 1. The van der Waals surface area contributed by atoms with E-state index in [9.17, 15) is 19.8 Å². The van der Waals surface area contributed by atoms with E-state index in [1.54, 1.807) is 71.0 Å². The Bertz CT molecular complexity index is 1700. The number of para-hydroxylation sites is 1. The Morgan fingerprint density at radius 3 is 2.50 bits per heavy atom. The summed E-state index contributed by atoms with van der Waals surface area (Å²) in [6.45, 7) is 5.05. The minimum absolute atomic E-state index is 0.0709. The maximum absolute atomic E-state index is 14.5. The number of likely N-dealkylation sites (tertiary alicyclic amines) is 1. The van der Waals surface area contributed by atoms with Crippen molar-refractivity contribution in [3.8, 4) is 0 Å². The van der Waals surface area contributed by atoms with Gasteiger partial charge in [-0.05, 0) is 75.1 Å². The number of rotatable bonds is 9. The highest BCUT2D eigenvalue weighted by Crippen LogP contribution is 2.79. The number of anilines is 1. The first-order valence-corrected chi connectivity index (χ1v) is 18.0. The molecule has 11 heteroatoms. The SMILES string of the molecule is CCN1C[C@]2(OC(=O)c3ccccc3NC(=O)/C(C)=C/c3ccncc3)CC[C@H](OC)[C@]34C1[C@@H](C[C@H]23)[C@@]1(O)C[C@H](OC)[C@H]2C[C@@H]4C1(O)[C@H]2OC. The van der Waals surface area contributed by atoms with Crippen LogP contribution in [0.15, 0.2) is 54.4 Å². The molecule has 2 aromatic rings. The van der Waals surface area contributed by atoms with Crippen molar-refractivity contribution in [1.82, 2.24) is 9.88 Å². The van der Waals surface area contributed by atoms with Gasteiger partial charge in [0.25, 0.3) is 5.91 Å². The van der Waals surface area contributed by atoms with E-state index in [-0.39, 0.29) is 53.4 Å². The first-order valence-electron chi connectivity index (χ1n) is 18.0. The number of nitrogens with one attached hydrogen (secondary N) is 1. The van der Waals surface area contributed by atoms with Crippen LogP contribution in [0.3, 0.4) is 0 Å². The monoisotopic (exact) mass is 687 g/mol. The molecule has 3 N–H and O–H groups in total. The van der Waals surface area contributed by atoms with Crippen molar-refractivity contribution in [3.05, 3.63) is 65.5 Å². The number of carbonyl (C=O) groups excluding carboxylic acids is 2. The number of aromatic nitrogens is 1. The quantitative estimate of drug-likeness (QED) is 0.264. The molecule has 268 valence electrons. The minimum Gasteiger partial charge on any atom is -0.454 e. The summed E-state index contributed by atoms with van der Waals surface area (Å²) in [5, 5.41) is 28.9. The van der Waals surface area contributed by atoms with Crippen molar-refractivity contribution >= 4 is 23.6 Å². The number of esters is 1. The number of pyridine rings is 1. The lowest BCUT2D eigenvalue weighted by atomic mass is 9.44. The predicted molar refractivity (Wildman–Crippen MR) is 184 cm³/mol. The van der Waals surface area contributed by atoms with E-state index in [1.165, 1.54) is 0 Å². The molecule has 6 aliphatic rings. The molecule has 1 aliphatic heterocycles. The average Bonchev–Trinajstić information content (AvgIpc) is 3.55. The molecule has 50 heavy (non-hydrogen) atoms. The second-order valence-corrected chi connectivity index (χ2v) is 15.6. The van der Waals surface area contributed by atoms with Gasteiger partial charge in [-0.15, -0.1) is 0 Å². The summed E-state index contributed by atoms with van der Waals surface area (Å²) in [6, 6.07) is 10.5. The van der Waals surface area contributed by atoms with Gasteiger partial charge in [0, 0.05) is 87.4 Å². The molecule has 6 fully saturated rings. The van der Waals surface area contributed by atoms with E-state index in [4.69, 9.17) is 18.9 Å². The zero-order valence-electron chi connectivity index (χ0n) is 29.5. The number of piperidine rings is 1. The highest BCUT2D eigenvalue weighted by molar-refractivity contribution is 6.09. The van der Waals surface area contributed by atoms with E-state index >= 15 is 0 Å². The molecule has 8 rings (SSSR count). The van der Waals surface area contributed by atoms with Gasteiger partial charge in [0.2, 0.25) is 0 Å². The van der Waals surface area contributed by atoms with E-state index in [1.807, 2.05) is 12.1 Å². The van der Waals surface area contributed by atoms with Gasteiger partial charge in [-0.25, -0.2) is 4.79 Å². The zero-order chi connectivity index (χ0) is 35.2. The predicted octanol–water partition coefficient (Wildman–Crippen LogP) is 3.70. The van der Waals surface area contributed by atoms with Crippen LogP contribution in [0.4, 0.5) is 5.69 Å². The average molecular weight is 688 g/mol. The highest BCUT2D eigenvalue weighted by Gasteiger charge is 2.89. The molecule has 5 aliphatic carbocycles. The highest BCUT2D eigenvalue weighted by atomic mass is 16.6. The van der Waals surface area contributed by atoms with Gasteiger partial charge in [0.05, 0.1) is 29.6 Å². The van der Waals surface area contributed by atoms with E-state index < -0.39 is 34.3 Å². The first kappa shape index (κ1) is 33.9.